The van der Waals surface area contributed by atoms with Crippen molar-refractivity contribution >= 4 is 17.2 Å². The number of nitrogens with zero attached hydrogens (tertiary/aromatic N) is 2. The van der Waals surface area contributed by atoms with E-state index in [1.165, 1.54) is 22.6 Å². The Bertz CT molecular complexity index is 922. The minimum atomic E-state index is -0.282. The third-order valence-electron chi connectivity index (χ3n) is 3.72. The van der Waals surface area contributed by atoms with Gasteiger partial charge in [0.05, 0.1) is 0 Å². The molecule has 0 bridgehead atoms. The maximum absolute atomic E-state index is 12.9. The number of aryl methyl sites for hydroxylation is 1. The van der Waals surface area contributed by atoms with Gasteiger partial charge in [-0.2, -0.15) is 0 Å². The lowest BCUT2D eigenvalue weighted by Gasteiger charge is -2.20. The Labute approximate surface area is 132 Å². The summed E-state index contributed by atoms with van der Waals surface area (Å²) in [5.74, 6) is -0.147. The van der Waals surface area contributed by atoms with Gasteiger partial charge >= 0.3 is 0 Å². The van der Waals surface area contributed by atoms with Crippen molar-refractivity contribution in [1.82, 2.24) is 9.38 Å². The third-order valence-corrected chi connectivity index (χ3v) is 3.72. The number of pyridine rings is 1. The van der Waals surface area contributed by atoms with E-state index < -0.39 is 0 Å². The summed E-state index contributed by atoms with van der Waals surface area (Å²) < 4.78 is 1.37. The summed E-state index contributed by atoms with van der Waals surface area (Å²) in [5.41, 5.74) is 2.11. The second-order valence-corrected chi connectivity index (χ2v) is 5.33. The van der Waals surface area contributed by atoms with Crippen molar-refractivity contribution in [3.8, 4) is 5.75 Å². The Hall–Kier alpha value is -3.02. The average molecular weight is 311 g/mol. The molecule has 0 aliphatic heterocycles. The van der Waals surface area contributed by atoms with Crippen molar-refractivity contribution < 1.29 is 9.90 Å². The largest absolute Gasteiger partial charge is 0.508 e. The molecule has 3 aromatic rings. The fraction of sp³-hybridized carbons (Fsp3) is 0.176. The highest BCUT2D eigenvalue weighted by atomic mass is 16.3. The van der Waals surface area contributed by atoms with Crippen LogP contribution in [0, 0.1) is 6.92 Å². The highest BCUT2D eigenvalue weighted by Crippen LogP contribution is 2.20. The molecule has 3 rings (SSSR count). The lowest BCUT2D eigenvalue weighted by Crippen LogP contribution is -2.33. The third kappa shape index (κ3) is 2.59. The van der Waals surface area contributed by atoms with Crippen LogP contribution in [0.2, 0.25) is 0 Å². The number of aromatic nitrogens is 2. The van der Waals surface area contributed by atoms with E-state index in [0.29, 0.717) is 17.9 Å². The van der Waals surface area contributed by atoms with Crippen LogP contribution in [0.5, 0.6) is 5.75 Å². The number of fused-ring (bicyclic) bond motifs is 1. The summed E-state index contributed by atoms with van der Waals surface area (Å²) in [6.07, 6.45) is 1.54. The number of aromatic hydroxyl groups is 1. The Balaban J connectivity index is 2.08. The molecule has 0 radical (unpaired) electrons. The zero-order valence-corrected chi connectivity index (χ0v) is 12.9. The van der Waals surface area contributed by atoms with Crippen LogP contribution < -0.4 is 10.5 Å². The second-order valence-electron chi connectivity index (χ2n) is 5.33. The fourth-order valence-corrected chi connectivity index (χ4v) is 2.63. The second kappa shape index (κ2) is 5.64. The maximum Gasteiger partial charge on any atom is 0.276 e. The number of hydrogen-bond donors (Lipinski definition) is 2. The number of benzene rings is 1. The van der Waals surface area contributed by atoms with Crippen molar-refractivity contribution in [3.05, 3.63) is 64.2 Å². The van der Waals surface area contributed by atoms with Crippen LogP contribution in [0.3, 0.4) is 0 Å². The zero-order chi connectivity index (χ0) is 16.6. The first-order valence-electron chi connectivity index (χ1n) is 7.33. The number of nitrogens with one attached hydrogen (secondary N) is 1. The van der Waals surface area contributed by atoms with E-state index >= 15 is 0 Å². The van der Waals surface area contributed by atoms with E-state index in [9.17, 15) is 14.7 Å². The molecule has 0 aliphatic carbocycles. The van der Waals surface area contributed by atoms with E-state index in [4.69, 9.17) is 0 Å². The molecule has 0 saturated carbocycles. The van der Waals surface area contributed by atoms with Crippen molar-refractivity contribution in [3.63, 3.8) is 0 Å². The van der Waals surface area contributed by atoms with Crippen molar-refractivity contribution in [1.29, 1.82) is 0 Å². The first-order chi connectivity index (χ1) is 11.0. The van der Waals surface area contributed by atoms with Gasteiger partial charge in [-0.25, -0.2) is 0 Å². The molecule has 2 heterocycles. The molecule has 118 valence electrons. The Morgan fingerprint density at radius 2 is 1.96 bits per heavy atom. The van der Waals surface area contributed by atoms with Crippen LogP contribution in [0.15, 0.2) is 47.4 Å². The molecule has 0 atom stereocenters. The summed E-state index contributed by atoms with van der Waals surface area (Å²) in [7, 11) is 0. The summed E-state index contributed by atoms with van der Waals surface area (Å²) in [6, 6.07) is 9.69. The van der Waals surface area contributed by atoms with E-state index in [1.54, 1.807) is 23.2 Å². The summed E-state index contributed by atoms with van der Waals surface area (Å²) in [4.78, 5) is 29.6. The Morgan fingerprint density at radius 3 is 2.61 bits per heavy atom. The number of phenolic OH excluding ortho intramolecular Hbond substituents is 1. The van der Waals surface area contributed by atoms with Crippen molar-refractivity contribution in [2.75, 3.05) is 11.4 Å². The number of amides is 1. The summed E-state index contributed by atoms with van der Waals surface area (Å²) in [6.45, 7) is 4.13. The van der Waals surface area contributed by atoms with Gasteiger partial charge in [-0.1, -0.05) is 0 Å². The number of carbonyl (C=O) groups excluding carboxylic acids is 1. The van der Waals surface area contributed by atoms with Crippen LogP contribution in [-0.2, 0) is 0 Å². The van der Waals surface area contributed by atoms with Gasteiger partial charge in [0.1, 0.15) is 17.1 Å². The van der Waals surface area contributed by atoms with Crippen molar-refractivity contribution in [2.45, 2.75) is 13.8 Å². The quantitative estimate of drug-likeness (QED) is 0.779. The lowest BCUT2D eigenvalue weighted by atomic mass is 10.2. The Morgan fingerprint density at radius 1 is 1.26 bits per heavy atom. The van der Waals surface area contributed by atoms with Gasteiger partial charge in [0.15, 0.2) is 0 Å². The molecular weight excluding hydrogens is 294 g/mol. The molecule has 1 aromatic carbocycles. The van der Waals surface area contributed by atoms with Gasteiger partial charge in [0, 0.05) is 24.5 Å². The normalized spacial score (nSPS) is 10.9. The standard InChI is InChI=1S/C17H17N3O3/c1-3-19(12-4-6-13(21)7-5-12)17(23)14-10-18-15-8-11(2)9-16(22)20(14)15/h4-10,18,21H,3H2,1-2H3. The van der Waals surface area contributed by atoms with Crippen molar-refractivity contribution in [2.24, 2.45) is 0 Å². The molecule has 6 heteroatoms. The smallest absolute Gasteiger partial charge is 0.276 e. The number of imidazole rings is 1. The topological polar surface area (TPSA) is 77.8 Å². The molecule has 2 N–H and O–H groups in total. The number of rotatable bonds is 3. The number of hydrogen-bond acceptors (Lipinski definition) is 3. The van der Waals surface area contributed by atoms with Gasteiger partial charge in [-0.15, -0.1) is 0 Å². The minimum Gasteiger partial charge on any atom is -0.508 e. The van der Waals surface area contributed by atoms with E-state index in [0.717, 1.165) is 5.56 Å². The first kappa shape index (κ1) is 14.9. The minimum absolute atomic E-state index is 0.135. The SMILES string of the molecule is CCN(C(=O)c1c[nH]c2cc(C)cc(=O)n12)c1ccc(O)cc1. The monoisotopic (exact) mass is 311 g/mol. The number of anilines is 1. The van der Waals surface area contributed by atoms with Crippen LogP contribution in [0.4, 0.5) is 5.69 Å². The highest BCUT2D eigenvalue weighted by Gasteiger charge is 2.20. The highest BCUT2D eigenvalue weighted by molar-refractivity contribution is 6.05. The van der Waals surface area contributed by atoms with Crippen LogP contribution in [0.25, 0.3) is 5.65 Å². The van der Waals surface area contributed by atoms with Crippen LogP contribution >= 0.6 is 0 Å². The predicted octanol–water partition coefficient (Wildman–Crippen LogP) is 2.31. The molecule has 6 nitrogen and oxygen atoms in total. The molecular formula is C17H17N3O3. The molecule has 0 aliphatic rings. The van der Waals surface area contributed by atoms with Crippen LogP contribution in [-0.4, -0.2) is 26.9 Å². The number of carbonyl (C=O) groups is 1. The van der Waals surface area contributed by atoms with Gasteiger partial charge < -0.3 is 15.0 Å². The first-order valence-corrected chi connectivity index (χ1v) is 7.33. The summed E-state index contributed by atoms with van der Waals surface area (Å²) in [5, 5.41) is 9.38. The molecule has 0 fully saturated rings. The number of phenols is 1. The lowest BCUT2D eigenvalue weighted by molar-refractivity contribution is 0.0982. The van der Waals surface area contributed by atoms with Gasteiger partial charge in [-0.05, 0) is 49.7 Å². The number of aromatic amines is 1. The molecule has 23 heavy (non-hydrogen) atoms. The number of H-pyrrole nitrogens is 1. The fourth-order valence-electron chi connectivity index (χ4n) is 2.63. The van der Waals surface area contributed by atoms with E-state index in [2.05, 4.69) is 4.98 Å². The predicted molar refractivity (Wildman–Crippen MR) is 88.2 cm³/mol. The zero-order valence-electron chi connectivity index (χ0n) is 12.9. The van der Waals surface area contributed by atoms with Crippen LogP contribution in [0.1, 0.15) is 23.0 Å². The Kier molecular flexibility index (Phi) is 3.65. The summed E-state index contributed by atoms with van der Waals surface area (Å²) >= 11 is 0. The molecule has 0 unspecified atom stereocenters. The van der Waals surface area contributed by atoms with Gasteiger partial charge in [0.25, 0.3) is 11.5 Å². The molecule has 2 aromatic heterocycles. The molecule has 0 spiro atoms. The molecule has 0 saturated heterocycles. The van der Waals surface area contributed by atoms with Gasteiger partial charge in [-0.3, -0.25) is 14.0 Å². The molecule has 1 amide bonds. The van der Waals surface area contributed by atoms with Gasteiger partial charge in [0.2, 0.25) is 0 Å². The van der Waals surface area contributed by atoms with E-state index in [-0.39, 0.29) is 22.9 Å². The maximum atomic E-state index is 12.9. The van der Waals surface area contributed by atoms with E-state index in [1.807, 2.05) is 19.9 Å². The average Bonchev–Trinajstić information content (AvgIpc) is 2.93.